The van der Waals surface area contributed by atoms with Crippen LogP contribution in [-0.4, -0.2) is 5.78 Å². The highest BCUT2D eigenvalue weighted by atomic mass is 16.1. The van der Waals surface area contributed by atoms with Gasteiger partial charge < -0.3 is 0 Å². The Bertz CT molecular complexity index is 591. The number of carbonyl (C=O) groups excluding carboxylic acids is 1. The Balaban J connectivity index is 2.06. The Hall–Kier alpha value is -1.37. The Morgan fingerprint density at radius 1 is 1.15 bits per heavy atom. The molecule has 2 fully saturated rings. The number of fused-ring (bicyclic) bond motifs is 2. The smallest absolute Gasteiger partial charge is 0.165 e. The molecule has 3 rings (SSSR count). The topological polar surface area (TPSA) is 17.1 Å². The summed E-state index contributed by atoms with van der Waals surface area (Å²) < 4.78 is 0. The molecule has 2 saturated carbocycles. The van der Waals surface area contributed by atoms with Crippen LogP contribution in [0.3, 0.4) is 0 Å². The van der Waals surface area contributed by atoms with Gasteiger partial charge in [-0.25, -0.2) is 0 Å². The van der Waals surface area contributed by atoms with Crippen LogP contribution >= 0.6 is 0 Å². The van der Waals surface area contributed by atoms with Crippen molar-refractivity contribution in [1.29, 1.82) is 0 Å². The number of Topliss-reactive ketones (excluding diaryl/α,β-unsaturated/α-hetero) is 1. The molecule has 20 heavy (non-hydrogen) atoms. The first-order valence-electron chi connectivity index (χ1n) is 7.61. The van der Waals surface area contributed by atoms with Gasteiger partial charge in [-0.2, -0.15) is 0 Å². The molecule has 1 heteroatoms. The Labute approximate surface area is 122 Å². The first-order valence-corrected chi connectivity index (χ1v) is 7.61. The molecular weight excluding hydrogens is 244 g/mol. The van der Waals surface area contributed by atoms with Crippen molar-refractivity contribution in [2.75, 3.05) is 0 Å². The molecule has 0 N–H and O–H groups in total. The number of rotatable bonds is 1. The molecular formula is C19H24O. The van der Waals surface area contributed by atoms with Gasteiger partial charge in [-0.1, -0.05) is 57.5 Å². The fourth-order valence-electron chi connectivity index (χ4n) is 4.38. The molecule has 2 aliphatic rings. The zero-order chi connectivity index (χ0) is 14.7. The average Bonchev–Trinajstić information content (AvgIpc) is 2.65. The zero-order valence-corrected chi connectivity index (χ0v) is 13.2. The van der Waals surface area contributed by atoms with Gasteiger partial charge in [-0.05, 0) is 47.8 Å². The molecule has 2 bridgehead atoms. The monoisotopic (exact) mass is 268 g/mol. The second-order valence-electron chi connectivity index (χ2n) is 7.45. The lowest BCUT2D eigenvalue weighted by atomic mass is 9.66. The van der Waals surface area contributed by atoms with Crippen molar-refractivity contribution in [3.63, 3.8) is 0 Å². The van der Waals surface area contributed by atoms with Gasteiger partial charge >= 0.3 is 0 Å². The molecule has 3 unspecified atom stereocenters. The van der Waals surface area contributed by atoms with Gasteiger partial charge in [0.15, 0.2) is 5.78 Å². The number of benzene rings is 1. The maximum Gasteiger partial charge on any atom is 0.165 e. The lowest BCUT2D eigenvalue weighted by Gasteiger charge is -2.35. The van der Waals surface area contributed by atoms with Crippen molar-refractivity contribution in [3.8, 4) is 0 Å². The number of aryl methyl sites for hydroxylation is 1. The van der Waals surface area contributed by atoms with Gasteiger partial charge in [0.05, 0.1) is 0 Å². The minimum atomic E-state index is -0.186. The van der Waals surface area contributed by atoms with E-state index < -0.39 is 0 Å². The summed E-state index contributed by atoms with van der Waals surface area (Å²) in [5.74, 6) is 1.29. The molecule has 0 heterocycles. The second kappa shape index (κ2) is 4.07. The highest BCUT2D eigenvalue weighted by Crippen LogP contribution is 2.68. The van der Waals surface area contributed by atoms with Crippen molar-refractivity contribution >= 4 is 11.9 Å². The third-order valence-corrected chi connectivity index (χ3v) is 6.29. The van der Waals surface area contributed by atoms with Crippen LogP contribution in [0.15, 0.2) is 29.8 Å². The first-order chi connectivity index (χ1) is 9.28. The molecule has 0 amide bonds. The fourth-order valence-corrected chi connectivity index (χ4v) is 4.38. The van der Waals surface area contributed by atoms with Crippen LogP contribution in [0.1, 0.15) is 45.2 Å². The lowest BCUT2D eigenvalue weighted by Crippen LogP contribution is -2.37. The molecule has 0 radical (unpaired) electrons. The highest BCUT2D eigenvalue weighted by Gasteiger charge is 2.67. The third-order valence-electron chi connectivity index (χ3n) is 6.29. The SMILES string of the molecule is Cc1ccc(/C=C2\C(=O)C3(C)C(C)CC2C3(C)C)cc1. The normalized spacial score (nSPS) is 36.9. The maximum absolute atomic E-state index is 12.9. The predicted octanol–water partition coefficient (Wildman–Crippen LogP) is 4.65. The van der Waals surface area contributed by atoms with E-state index in [-0.39, 0.29) is 10.8 Å². The summed E-state index contributed by atoms with van der Waals surface area (Å²) in [7, 11) is 0. The fraction of sp³-hybridized carbons (Fsp3) is 0.526. The summed E-state index contributed by atoms with van der Waals surface area (Å²) in [6.07, 6.45) is 3.28. The molecule has 0 aliphatic heterocycles. The summed E-state index contributed by atoms with van der Waals surface area (Å²) in [5.41, 5.74) is 3.36. The minimum absolute atomic E-state index is 0.0834. The second-order valence-corrected chi connectivity index (χ2v) is 7.45. The van der Waals surface area contributed by atoms with Crippen molar-refractivity contribution < 1.29 is 4.79 Å². The van der Waals surface area contributed by atoms with E-state index in [1.165, 1.54) is 5.56 Å². The number of hydrogen-bond donors (Lipinski definition) is 0. The van der Waals surface area contributed by atoms with E-state index in [2.05, 4.69) is 65.0 Å². The number of hydrogen-bond acceptors (Lipinski definition) is 1. The van der Waals surface area contributed by atoms with Crippen molar-refractivity contribution in [1.82, 2.24) is 0 Å². The van der Waals surface area contributed by atoms with E-state index in [1.807, 2.05) is 0 Å². The average molecular weight is 268 g/mol. The molecule has 1 aromatic rings. The van der Waals surface area contributed by atoms with Gasteiger partial charge in [0.2, 0.25) is 0 Å². The van der Waals surface area contributed by atoms with Gasteiger partial charge in [0.25, 0.3) is 0 Å². The molecule has 0 saturated heterocycles. The van der Waals surface area contributed by atoms with E-state index in [1.54, 1.807) is 0 Å². The van der Waals surface area contributed by atoms with Gasteiger partial charge in [-0.3, -0.25) is 4.79 Å². The zero-order valence-electron chi connectivity index (χ0n) is 13.2. The standard InChI is InChI=1S/C19H24O/c1-12-6-8-14(9-7-12)11-15-16-10-13(2)19(5,17(15)20)18(16,3)4/h6-9,11,13,16H,10H2,1-5H3/b15-11-. The van der Waals surface area contributed by atoms with E-state index in [0.29, 0.717) is 17.6 Å². The lowest BCUT2D eigenvalue weighted by molar-refractivity contribution is -0.127. The summed E-state index contributed by atoms with van der Waals surface area (Å²) in [6.45, 7) is 11.0. The van der Waals surface area contributed by atoms with E-state index >= 15 is 0 Å². The quantitative estimate of drug-likeness (QED) is 0.678. The number of allylic oxidation sites excluding steroid dienone is 1. The van der Waals surface area contributed by atoms with Crippen LogP contribution in [0.25, 0.3) is 6.08 Å². The molecule has 0 spiro atoms. The molecule has 106 valence electrons. The van der Waals surface area contributed by atoms with Crippen LogP contribution in [0, 0.1) is 29.6 Å². The highest BCUT2D eigenvalue weighted by molar-refractivity contribution is 6.08. The largest absolute Gasteiger partial charge is 0.294 e. The van der Waals surface area contributed by atoms with Crippen molar-refractivity contribution in [2.24, 2.45) is 22.7 Å². The van der Waals surface area contributed by atoms with E-state index in [9.17, 15) is 4.79 Å². The Morgan fingerprint density at radius 2 is 1.75 bits per heavy atom. The van der Waals surface area contributed by atoms with Crippen LogP contribution in [0.5, 0.6) is 0 Å². The summed E-state index contributed by atoms with van der Waals surface area (Å²) in [4.78, 5) is 12.9. The summed E-state index contributed by atoms with van der Waals surface area (Å²) in [6, 6.07) is 8.44. The first kappa shape index (κ1) is 13.6. The van der Waals surface area contributed by atoms with E-state index in [4.69, 9.17) is 0 Å². The van der Waals surface area contributed by atoms with Gasteiger partial charge in [0.1, 0.15) is 0 Å². The van der Waals surface area contributed by atoms with Crippen LogP contribution in [0.2, 0.25) is 0 Å². The summed E-state index contributed by atoms with van der Waals surface area (Å²) >= 11 is 0. The van der Waals surface area contributed by atoms with Crippen LogP contribution < -0.4 is 0 Å². The molecule has 1 nitrogen and oxygen atoms in total. The van der Waals surface area contributed by atoms with Crippen molar-refractivity contribution in [2.45, 2.75) is 41.0 Å². The number of ketones is 1. The Kier molecular flexibility index (Phi) is 2.77. The minimum Gasteiger partial charge on any atom is -0.294 e. The third kappa shape index (κ3) is 1.52. The number of carbonyl (C=O) groups is 1. The van der Waals surface area contributed by atoms with Crippen molar-refractivity contribution in [3.05, 3.63) is 41.0 Å². The predicted molar refractivity (Wildman–Crippen MR) is 83.3 cm³/mol. The van der Waals surface area contributed by atoms with Gasteiger partial charge in [0, 0.05) is 5.41 Å². The molecule has 1 aromatic carbocycles. The van der Waals surface area contributed by atoms with Gasteiger partial charge in [-0.15, -0.1) is 0 Å². The molecule has 2 aliphatic carbocycles. The maximum atomic E-state index is 12.9. The molecule has 3 atom stereocenters. The summed E-state index contributed by atoms with van der Waals surface area (Å²) in [5, 5.41) is 0. The Morgan fingerprint density at radius 3 is 2.25 bits per heavy atom. The van der Waals surface area contributed by atoms with Crippen LogP contribution in [-0.2, 0) is 4.79 Å². The molecule has 0 aromatic heterocycles. The van der Waals surface area contributed by atoms with Crippen LogP contribution in [0.4, 0.5) is 0 Å². The van der Waals surface area contributed by atoms with E-state index in [0.717, 1.165) is 17.6 Å².